The number of methoxy groups -OCH3 is 1. The van der Waals surface area contributed by atoms with Crippen molar-refractivity contribution in [2.45, 2.75) is 69.9 Å². The Kier molecular flexibility index (Phi) is 6.68. The van der Waals surface area contributed by atoms with Crippen molar-refractivity contribution in [2.24, 2.45) is 0 Å². The Bertz CT molecular complexity index is 1130. The molecule has 174 valence electrons. The number of ether oxygens (including phenoxy) is 3. The molecule has 2 aliphatic carbocycles. The van der Waals surface area contributed by atoms with Crippen LogP contribution in [-0.4, -0.2) is 35.3 Å². The number of hydrogen-bond donors (Lipinski definition) is 0. The van der Waals surface area contributed by atoms with Crippen LogP contribution in [0.5, 0.6) is 11.5 Å². The lowest BCUT2D eigenvalue weighted by molar-refractivity contribution is -0.143. The zero-order chi connectivity index (χ0) is 23.4. The minimum Gasteiger partial charge on any atom is -0.493 e. The molecule has 4 rings (SSSR count). The SMILES string of the molecule is CCOC(=O)Cn1cnc2c(c1=O)CC(C#N)(c1ccc(OC)c(OC3CCCC3)c1)CC2. The van der Waals surface area contributed by atoms with Crippen LogP contribution in [0.15, 0.2) is 29.3 Å². The van der Waals surface area contributed by atoms with Gasteiger partial charge in [-0.25, -0.2) is 4.98 Å². The number of carbonyl (C=O) groups excluding carboxylic acids is 1. The van der Waals surface area contributed by atoms with Gasteiger partial charge in [0.25, 0.3) is 5.56 Å². The average molecular weight is 452 g/mol. The van der Waals surface area contributed by atoms with Crippen LogP contribution in [0.1, 0.15) is 55.8 Å². The number of nitrogens with zero attached hydrogens (tertiary/aromatic N) is 3. The number of esters is 1. The molecule has 0 aliphatic heterocycles. The van der Waals surface area contributed by atoms with Crippen LogP contribution >= 0.6 is 0 Å². The van der Waals surface area contributed by atoms with Crippen molar-refractivity contribution in [1.29, 1.82) is 5.26 Å². The van der Waals surface area contributed by atoms with Gasteiger partial charge in [0.2, 0.25) is 0 Å². The zero-order valence-electron chi connectivity index (χ0n) is 19.1. The molecule has 0 saturated heterocycles. The summed E-state index contributed by atoms with van der Waals surface area (Å²) in [4.78, 5) is 29.4. The fourth-order valence-corrected chi connectivity index (χ4v) is 4.80. The molecule has 0 N–H and O–H groups in total. The Morgan fingerprint density at radius 2 is 2.09 bits per heavy atom. The number of benzene rings is 1. The van der Waals surface area contributed by atoms with Gasteiger partial charge in [0.1, 0.15) is 6.54 Å². The van der Waals surface area contributed by atoms with E-state index < -0.39 is 11.4 Å². The second-order valence-corrected chi connectivity index (χ2v) is 8.67. The summed E-state index contributed by atoms with van der Waals surface area (Å²) in [6.07, 6.45) is 7.13. The highest BCUT2D eigenvalue weighted by molar-refractivity contribution is 5.69. The van der Waals surface area contributed by atoms with E-state index in [1.807, 2.05) is 18.2 Å². The maximum atomic E-state index is 13.1. The van der Waals surface area contributed by atoms with E-state index in [0.717, 1.165) is 31.2 Å². The van der Waals surface area contributed by atoms with E-state index in [1.54, 1.807) is 14.0 Å². The fourth-order valence-electron chi connectivity index (χ4n) is 4.80. The number of aromatic nitrogens is 2. The van der Waals surface area contributed by atoms with Gasteiger partial charge in [-0.15, -0.1) is 0 Å². The van der Waals surface area contributed by atoms with Crippen LogP contribution in [0.4, 0.5) is 0 Å². The molecule has 8 nitrogen and oxygen atoms in total. The zero-order valence-corrected chi connectivity index (χ0v) is 19.1. The number of nitriles is 1. The summed E-state index contributed by atoms with van der Waals surface area (Å²) in [5.74, 6) is 0.772. The Morgan fingerprint density at radius 3 is 2.79 bits per heavy atom. The van der Waals surface area contributed by atoms with Gasteiger partial charge in [0, 0.05) is 12.0 Å². The van der Waals surface area contributed by atoms with Gasteiger partial charge in [0.05, 0.1) is 43.3 Å². The largest absolute Gasteiger partial charge is 0.493 e. The third-order valence-corrected chi connectivity index (χ3v) is 6.62. The van der Waals surface area contributed by atoms with Gasteiger partial charge in [-0.2, -0.15) is 5.26 Å². The van der Waals surface area contributed by atoms with E-state index in [2.05, 4.69) is 11.1 Å². The van der Waals surface area contributed by atoms with Crippen molar-refractivity contribution in [3.05, 3.63) is 51.7 Å². The molecule has 1 heterocycles. The van der Waals surface area contributed by atoms with Crippen LogP contribution in [-0.2, 0) is 34.3 Å². The topological polar surface area (TPSA) is 103 Å². The minimum atomic E-state index is -0.892. The Hall–Kier alpha value is -3.34. The van der Waals surface area contributed by atoms with Crippen LogP contribution in [0.25, 0.3) is 0 Å². The molecule has 0 spiro atoms. The van der Waals surface area contributed by atoms with E-state index in [-0.39, 0.29) is 31.2 Å². The second-order valence-electron chi connectivity index (χ2n) is 8.67. The summed E-state index contributed by atoms with van der Waals surface area (Å²) in [6, 6.07) is 8.07. The monoisotopic (exact) mass is 451 g/mol. The minimum absolute atomic E-state index is 0.151. The van der Waals surface area contributed by atoms with Crippen LogP contribution in [0.3, 0.4) is 0 Å². The molecular formula is C25H29N3O5. The summed E-state index contributed by atoms with van der Waals surface area (Å²) in [7, 11) is 1.60. The van der Waals surface area contributed by atoms with Crippen molar-refractivity contribution in [2.75, 3.05) is 13.7 Å². The van der Waals surface area contributed by atoms with Gasteiger partial charge in [-0.3, -0.25) is 14.2 Å². The first kappa shape index (κ1) is 22.8. The molecule has 0 amide bonds. The average Bonchev–Trinajstić information content (AvgIpc) is 3.34. The smallest absolute Gasteiger partial charge is 0.326 e. The van der Waals surface area contributed by atoms with Crippen LogP contribution in [0, 0.1) is 11.3 Å². The van der Waals surface area contributed by atoms with Crippen molar-refractivity contribution in [3.8, 4) is 17.6 Å². The lowest BCUT2D eigenvalue weighted by Crippen LogP contribution is -2.39. The molecule has 2 aliphatic rings. The highest BCUT2D eigenvalue weighted by Gasteiger charge is 2.39. The molecule has 1 unspecified atom stereocenters. The Morgan fingerprint density at radius 1 is 1.30 bits per heavy atom. The van der Waals surface area contributed by atoms with Crippen LogP contribution in [0.2, 0.25) is 0 Å². The van der Waals surface area contributed by atoms with E-state index in [9.17, 15) is 14.9 Å². The summed E-state index contributed by atoms with van der Waals surface area (Å²) in [6.45, 7) is 1.76. The summed E-state index contributed by atoms with van der Waals surface area (Å²) < 4.78 is 17.9. The van der Waals surface area contributed by atoms with Gasteiger partial charge < -0.3 is 14.2 Å². The summed E-state index contributed by atoms with van der Waals surface area (Å²) >= 11 is 0. The first-order valence-electron chi connectivity index (χ1n) is 11.5. The third-order valence-electron chi connectivity index (χ3n) is 6.62. The normalized spacial score (nSPS) is 20.0. The van der Waals surface area contributed by atoms with Crippen molar-refractivity contribution < 1.29 is 19.0 Å². The van der Waals surface area contributed by atoms with E-state index in [0.29, 0.717) is 35.6 Å². The maximum absolute atomic E-state index is 13.1. The lowest BCUT2D eigenvalue weighted by atomic mass is 9.69. The van der Waals surface area contributed by atoms with Gasteiger partial charge in [-0.05, 0) is 63.1 Å². The van der Waals surface area contributed by atoms with Crippen molar-refractivity contribution >= 4 is 5.97 Å². The summed E-state index contributed by atoms with van der Waals surface area (Å²) in [5.41, 5.74) is 0.760. The molecule has 1 saturated carbocycles. The fraction of sp³-hybridized carbons (Fsp3) is 0.520. The molecular weight excluding hydrogens is 422 g/mol. The number of hydrogen-bond acceptors (Lipinski definition) is 7. The standard InChI is InChI=1S/C25H29N3O5/c1-3-32-23(29)14-28-16-27-20-10-11-25(15-26,13-19(20)24(28)30)17-8-9-21(31-2)22(12-17)33-18-6-4-5-7-18/h8-9,12,16,18H,3-7,10-11,13-14H2,1-2H3. The molecule has 1 aromatic carbocycles. The molecule has 2 aromatic rings. The first-order chi connectivity index (χ1) is 16.0. The van der Waals surface area contributed by atoms with E-state index >= 15 is 0 Å². The molecule has 1 fully saturated rings. The highest BCUT2D eigenvalue weighted by Crippen LogP contribution is 2.41. The predicted molar refractivity (Wildman–Crippen MR) is 120 cm³/mol. The number of fused-ring (bicyclic) bond motifs is 1. The molecule has 8 heteroatoms. The predicted octanol–water partition coefficient (Wildman–Crippen LogP) is 3.09. The molecule has 0 radical (unpaired) electrons. The molecule has 0 bridgehead atoms. The first-order valence-corrected chi connectivity index (χ1v) is 11.5. The molecule has 33 heavy (non-hydrogen) atoms. The van der Waals surface area contributed by atoms with Crippen LogP contribution < -0.4 is 15.0 Å². The van der Waals surface area contributed by atoms with Gasteiger partial charge in [-0.1, -0.05) is 6.07 Å². The number of carbonyl (C=O) groups is 1. The Labute approximate surface area is 193 Å². The van der Waals surface area contributed by atoms with Crippen molar-refractivity contribution in [1.82, 2.24) is 9.55 Å². The summed E-state index contributed by atoms with van der Waals surface area (Å²) in [5, 5.41) is 10.3. The van der Waals surface area contributed by atoms with E-state index in [4.69, 9.17) is 14.2 Å². The number of rotatable bonds is 7. The van der Waals surface area contributed by atoms with Gasteiger partial charge >= 0.3 is 5.97 Å². The van der Waals surface area contributed by atoms with Crippen molar-refractivity contribution in [3.63, 3.8) is 0 Å². The Balaban J connectivity index is 1.67. The quantitative estimate of drug-likeness (QED) is 0.596. The number of aryl methyl sites for hydroxylation is 1. The highest BCUT2D eigenvalue weighted by atomic mass is 16.5. The lowest BCUT2D eigenvalue weighted by Gasteiger charge is -2.32. The third kappa shape index (κ3) is 4.58. The maximum Gasteiger partial charge on any atom is 0.326 e. The van der Waals surface area contributed by atoms with Gasteiger partial charge in [0.15, 0.2) is 11.5 Å². The molecule has 1 aromatic heterocycles. The molecule has 1 atom stereocenters. The van der Waals surface area contributed by atoms with E-state index in [1.165, 1.54) is 10.9 Å². The second kappa shape index (κ2) is 9.65.